The van der Waals surface area contributed by atoms with Crippen molar-refractivity contribution >= 4 is 11.8 Å². The van der Waals surface area contributed by atoms with Crippen LogP contribution in [-0.2, 0) is 17.4 Å². The third kappa shape index (κ3) is 4.13. The van der Waals surface area contributed by atoms with E-state index in [1.165, 1.54) is 17.0 Å². The van der Waals surface area contributed by atoms with Crippen LogP contribution in [0, 0.1) is 5.92 Å². The zero-order chi connectivity index (χ0) is 21.3. The Morgan fingerprint density at radius 2 is 1.63 bits per heavy atom. The Balaban J connectivity index is 1.36. The van der Waals surface area contributed by atoms with Crippen molar-refractivity contribution in [2.75, 3.05) is 32.8 Å². The highest BCUT2D eigenvalue weighted by Gasteiger charge is 2.34. The fourth-order valence-corrected chi connectivity index (χ4v) is 3.89. The third-order valence-electron chi connectivity index (χ3n) is 5.54. The molecule has 2 aromatic carbocycles. The van der Waals surface area contributed by atoms with Crippen molar-refractivity contribution in [3.8, 4) is 5.75 Å². The SMILES string of the molecule is O=C(c1cccc(C(F)(F)F)c1)N1CCN(C(=O)[C@@H]2COc3ccccc3C2)CC1. The Morgan fingerprint density at radius 1 is 0.933 bits per heavy atom. The zero-order valence-corrected chi connectivity index (χ0v) is 16.2. The van der Waals surface area contributed by atoms with Crippen LogP contribution in [0.15, 0.2) is 48.5 Å². The summed E-state index contributed by atoms with van der Waals surface area (Å²) in [4.78, 5) is 28.7. The van der Waals surface area contributed by atoms with Crippen molar-refractivity contribution in [2.45, 2.75) is 12.6 Å². The maximum atomic E-state index is 12.9. The molecule has 0 radical (unpaired) electrons. The van der Waals surface area contributed by atoms with Gasteiger partial charge in [-0.2, -0.15) is 13.2 Å². The summed E-state index contributed by atoms with van der Waals surface area (Å²) in [7, 11) is 0. The van der Waals surface area contributed by atoms with E-state index in [1.54, 1.807) is 4.90 Å². The van der Waals surface area contributed by atoms with Crippen molar-refractivity contribution < 1.29 is 27.5 Å². The van der Waals surface area contributed by atoms with E-state index >= 15 is 0 Å². The molecule has 1 fully saturated rings. The number of alkyl halides is 3. The van der Waals surface area contributed by atoms with E-state index in [0.717, 1.165) is 23.4 Å². The van der Waals surface area contributed by atoms with Crippen LogP contribution in [0.25, 0.3) is 0 Å². The van der Waals surface area contributed by atoms with Gasteiger partial charge in [0.05, 0.1) is 11.5 Å². The van der Waals surface area contributed by atoms with Crippen molar-refractivity contribution in [3.63, 3.8) is 0 Å². The lowest BCUT2D eigenvalue weighted by atomic mass is 9.95. The first-order chi connectivity index (χ1) is 14.3. The fraction of sp³-hybridized carbons (Fsp3) is 0.364. The molecule has 2 aliphatic heterocycles. The van der Waals surface area contributed by atoms with Crippen LogP contribution in [0.4, 0.5) is 13.2 Å². The van der Waals surface area contributed by atoms with E-state index in [4.69, 9.17) is 4.74 Å². The Morgan fingerprint density at radius 3 is 2.37 bits per heavy atom. The first-order valence-corrected chi connectivity index (χ1v) is 9.79. The van der Waals surface area contributed by atoms with E-state index in [2.05, 4.69) is 0 Å². The number of rotatable bonds is 2. The van der Waals surface area contributed by atoms with Gasteiger partial charge in [0.25, 0.3) is 5.91 Å². The number of hydrogen-bond donors (Lipinski definition) is 0. The van der Waals surface area contributed by atoms with Crippen LogP contribution in [0.1, 0.15) is 21.5 Å². The number of amides is 2. The van der Waals surface area contributed by atoms with Gasteiger partial charge < -0.3 is 14.5 Å². The van der Waals surface area contributed by atoms with Crippen LogP contribution in [0.2, 0.25) is 0 Å². The average Bonchev–Trinajstić information content (AvgIpc) is 2.77. The topological polar surface area (TPSA) is 49.9 Å². The van der Waals surface area contributed by atoms with E-state index in [-0.39, 0.29) is 30.5 Å². The normalized spacial score (nSPS) is 19.1. The van der Waals surface area contributed by atoms with Crippen LogP contribution >= 0.6 is 0 Å². The minimum Gasteiger partial charge on any atom is -0.492 e. The van der Waals surface area contributed by atoms with Crippen LogP contribution < -0.4 is 4.74 Å². The van der Waals surface area contributed by atoms with Crippen LogP contribution in [0.5, 0.6) is 5.75 Å². The highest BCUT2D eigenvalue weighted by molar-refractivity contribution is 5.94. The maximum absolute atomic E-state index is 12.9. The Labute approximate surface area is 172 Å². The number of nitrogens with zero attached hydrogens (tertiary/aromatic N) is 2. The predicted octanol–water partition coefficient (Wildman–Crippen LogP) is 3.24. The fourth-order valence-electron chi connectivity index (χ4n) is 3.89. The van der Waals surface area contributed by atoms with Crippen molar-refractivity contribution in [2.24, 2.45) is 5.92 Å². The van der Waals surface area contributed by atoms with Gasteiger partial charge in [0.1, 0.15) is 12.4 Å². The van der Waals surface area contributed by atoms with Gasteiger partial charge in [0, 0.05) is 31.7 Å². The molecule has 30 heavy (non-hydrogen) atoms. The van der Waals surface area contributed by atoms with Crippen LogP contribution in [-0.4, -0.2) is 54.4 Å². The molecule has 4 rings (SSSR count). The molecule has 0 N–H and O–H groups in total. The summed E-state index contributed by atoms with van der Waals surface area (Å²) < 4.78 is 44.4. The maximum Gasteiger partial charge on any atom is 0.416 e. The molecule has 2 amide bonds. The van der Waals surface area contributed by atoms with Crippen molar-refractivity contribution in [1.29, 1.82) is 0 Å². The van der Waals surface area contributed by atoms with Crippen LogP contribution in [0.3, 0.4) is 0 Å². The molecular weight excluding hydrogens is 397 g/mol. The molecule has 5 nitrogen and oxygen atoms in total. The number of hydrogen-bond acceptors (Lipinski definition) is 3. The van der Waals surface area contributed by atoms with Gasteiger partial charge in [-0.15, -0.1) is 0 Å². The minimum absolute atomic E-state index is 0.00175. The summed E-state index contributed by atoms with van der Waals surface area (Å²) in [6.45, 7) is 1.58. The zero-order valence-electron chi connectivity index (χ0n) is 16.2. The molecule has 0 bridgehead atoms. The minimum atomic E-state index is -4.50. The lowest BCUT2D eigenvalue weighted by molar-refractivity contribution is -0.139. The lowest BCUT2D eigenvalue weighted by Crippen LogP contribution is -2.53. The van der Waals surface area contributed by atoms with Gasteiger partial charge in [-0.05, 0) is 36.2 Å². The summed E-state index contributed by atoms with van der Waals surface area (Å²) in [5.74, 6) is 0.0578. The standard InChI is InChI=1S/C22H21F3N2O3/c23-22(24,25)18-6-3-5-16(13-18)20(28)26-8-10-27(11-9-26)21(29)17-12-15-4-1-2-7-19(15)30-14-17/h1-7,13,17H,8-12,14H2/t17-/m0/s1. The van der Waals surface area contributed by atoms with E-state index < -0.39 is 17.6 Å². The molecule has 2 aromatic rings. The molecule has 0 saturated carbocycles. The summed E-state index contributed by atoms with van der Waals surface area (Å²) >= 11 is 0. The molecule has 1 atom stereocenters. The first-order valence-electron chi connectivity index (χ1n) is 9.79. The highest BCUT2D eigenvalue weighted by Crippen LogP contribution is 2.30. The average molecular weight is 418 g/mol. The Bertz CT molecular complexity index is 953. The molecule has 0 aromatic heterocycles. The first kappa shape index (κ1) is 20.3. The molecule has 8 heteroatoms. The third-order valence-corrected chi connectivity index (χ3v) is 5.54. The molecule has 1 saturated heterocycles. The molecule has 2 heterocycles. The molecule has 2 aliphatic rings. The number of carbonyl (C=O) groups is 2. The van der Waals surface area contributed by atoms with E-state index in [0.29, 0.717) is 26.1 Å². The summed E-state index contributed by atoms with van der Waals surface area (Å²) in [5.41, 5.74) is 0.155. The number of halogens is 3. The summed E-state index contributed by atoms with van der Waals surface area (Å²) in [6.07, 6.45) is -3.89. The number of fused-ring (bicyclic) bond motifs is 1. The smallest absolute Gasteiger partial charge is 0.416 e. The quantitative estimate of drug-likeness (QED) is 0.753. The van der Waals surface area contributed by atoms with Crippen molar-refractivity contribution in [1.82, 2.24) is 9.80 Å². The largest absolute Gasteiger partial charge is 0.492 e. The molecule has 158 valence electrons. The second-order valence-corrected chi connectivity index (χ2v) is 7.52. The van der Waals surface area contributed by atoms with Gasteiger partial charge in [0.2, 0.25) is 5.91 Å². The summed E-state index contributed by atoms with van der Waals surface area (Å²) in [6, 6.07) is 12.1. The van der Waals surface area contributed by atoms with Gasteiger partial charge in [-0.25, -0.2) is 0 Å². The molecule has 0 aliphatic carbocycles. The number of piperazine rings is 1. The van der Waals surface area contributed by atoms with E-state index in [1.807, 2.05) is 24.3 Å². The van der Waals surface area contributed by atoms with E-state index in [9.17, 15) is 22.8 Å². The number of para-hydroxylation sites is 1. The second kappa shape index (κ2) is 8.01. The second-order valence-electron chi connectivity index (χ2n) is 7.52. The van der Waals surface area contributed by atoms with Gasteiger partial charge >= 0.3 is 6.18 Å². The molecule has 0 spiro atoms. The Hall–Kier alpha value is -3.03. The van der Waals surface area contributed by atoms with Crippen molar-refractivity contribution in [3.05, 3.63) is 65.2 Å². The molecular formula is C22H21F3N2O3. The monoisotopic (exact) mass is 418 g/mol. The van der Waals surface area contributed by atoms with Gasteiger partial charge in [-0.1, -0.05) is 24.3 Å². The predicted molar refractivity (Wildman–Crippen MR) is 103 cm³/mol. The Kier molecular flexibility index (Phi) is 5.40. The highest BCUT2D eigenvalue weighted by atomic mass is 19.4. The number of ether oxygens (including phenoxy) is 1. The summed E-state index contributed by atoms with van der Waals surface area (Å²) in [5, 5.41) is 0. The van der Waals surface area contributed by atoms with Gasteiger partial charge in [-0.3, -0.25) is 9.59 Å². The number of carbonyl (C=O) groups excluding carboxylic acids is 2. The van der Waals surface area contributed by atoms with Gasteiger partial charge in [0.15, 0.2) is 0 Å². The lowest BCUT2D eigenvalue weighted by Gasteiger charge is -2.37. The number of benzene rings is 2. The molecule has 0 unspecified atom stereocenters.